The van der Waals surface area contributed by atoms with Gasteiger partial charge in [0.1, 0.15) is 11.8 Å². The number of Topliss-reactive ketones (excluding diaryl/α,β-unsaturated/α-hetero) is 1. The molecule has 3 N–H and O–H groups in total. The van der Waals surface area contributed by atoms with Gasteiger partial charge in [-0.3, -0.25) is 9.59 Å². The predicted molar refractivity (Wildman–Crippen MR) is 94.6 cm³/mol. The van der Waals surface area contributed by atoms with Gasteiger partial charge in [-0.15, -0.1) is 0 Å². The Morgan fingerprint density at radius 3 is 2.32 bits per heavy atom. The quantitative estimate of drug-likeness (QED) is 0.604. The van der Waals surface area contributed by atoms with Gasteiger partial charge in [0.25, 0.3) is 0 Å². The van der Waals surface area contributed by atoms with Crippen LogP contribution in [-0.2, 0) is 25.5 Å². The molecule has 0 aliphatic heterocycles. The second-order valence-corrected chi connectivity index (χ2v) is 7.30. The van der Waals surface area contributed by atoms with Gasteiger partial charge in [0.15, 0.2) is 0 Å². The summed E-state index contributed by atoms with van der Waals surface area (Å²) in [6.07, 6.45) is 0.839. The molecule has 1 aromatic rings. The van der Waals surface area contributed by atoms with Gasteiger partial charge in [-0.1, -0.05) is 26.0 Å². The van der Waals surface area contributed by atoms with Crippen molar-refractivity contribution in [1.29, 1.82) is 0 Å². The molecular formula is C19H26N2O4. The maximum Gasteiger partial charge on any atom is 0.328 e. The van der Waals surface area contributed by atoms with Crippen LogP contribution >= 0.6 is 0 Å². The number of nitrogen functional groups attached to an aromatic ring is 1. The lowest BCUT2D eigenvalue weighted by atomic mass is 9.53. The van der Waals surface area contributed by atoms with Gasteiger partial charge in [-0.05, 0) is 36.5 Å². The third-order valence-corrected chi connectivity index (χ3v) is 5.30. The first-order chi connectivity index (χ1) is 11.7. The van der Waals surface area contributed by atoms with E-state index >= 15 is 0 Å². The summed E-state index contributed by atoms with van der Waals surface area (Å²) in [5, 5.41) is 2.79. The Morgan fingerprint density at radius 1 is 1.24 bits per heavy atom. The number of carbonyl (C=O) groups excluding carboxylic acids is 3. The maximum atomic E-state index is 12.6. The van der Waals surface area contributed by atoms with Crippen LogP contribution in [-0.4, -0.2) is 30.8 Å². The molecular weight excluding hydrogens is 320 g/mol. The summed E-state index contributed by atoms with van der Waals surface area (Å²) in [5.74, 6) is -1.02. The van der Waals surface area contributed by atoms with E-state index in [4.69, 9.17) is 10.5 Å². The van der Waals surface area contributed by atoms with Crippen LogP contribution in [0.1, 0.15) is 32.8 Å². The summed E-state index contributed by atoms with van der Waals surface area (Å²) < 4.78 is 4.82. The highest BCUT2D eigenvalue weighted by Crippen LogP contribution is 2.51. The van der Waals surface area contributed by atoms with Crippen molar-refractivity contribution in [2.24, 2.45) is 17.3 Å². The van der Waals surface area contributed by atoms with Crippen LogP contribution in [0.5, 0.6) is 0 Å². The van der Waals surface area contributed by atoms with Crippen LogP contribution in [0, 0.1) is 17.3 Å². The molecule has 3 atom stereocenters. The lowest BCUT2D eigenvalue weighted by Crippen LogP contribution is -2.57. The van der Waals surface area contributed by atoms with Crippen molar-refractivity contribution in [2.75, 3.05) is 12.8 Å². The van der Waals surface area contributed by atoms with Crippen molar-refractivity contribution in [2.45, 2.75) is 39.7 Å². The topological polar surface area (TPSA) is 98.5 Å². The van der Waals surface area contributed by atoms with Crippen LogP contribution in [0.25, 0.3) is 0 Å². The molecule has 0 spiro atoms. The number of benzene rings is 1. The van der Waals surface area contributed by atoms with Crippen molar-refractivity contribution >= 4 is 23.3 Å². The minimum Gasteiger partial charge on any atom is -0.467 e. The number of esters is 1. The fourth-order valence-corrected chi connectivity index (χ4v) is 3.56. The summed E-state index contributed by atoms with van der Waals surface area (Å²) in [5.41, 5.74) is 6.77. The Hall–Kier alpha value is -2.37. The summed E-state index contributed by atoms with van der Waals surface area (Å²) >= 11 is 0. The Bertz CT molecular complexity index is 667. The first-order valence-electron chi connectivity index (χ1n) is 8.40. The molecule has 2 rings (SSSR count). The molecule has 1 amide bonds. The Kier molecular flexibility index (Phi) is 5.50. The number of methoxy groups -OCH3 is 1. The van der Waals surface area contributed by atoms with Gasteiger partial charge < -0.3 is 15.8 Å². The number of carbonyl (C=O) groups is 3. The van der Waals surface area contributed by atoms with Crippen molar-refractivity contribution in [3.8, 4) is 0 Å². The number of ether oxygens (including phenoxy) is 1. The zero-order valence-electron chi connectivity index (χ0n) is 15.2. The Balaban J connectivity index is 2.07. The molecule has 136 valence electrons. The molecule has 2 unspecified atom stereocenters. The van der Waals surface area contributed by atoms with E-state index in [1.807, 2.05) is 26.0 Å². The zero-order valence-corrected chi connectivity index (χ0v) is 15.2. The molecule has 0 heterocycles. The molecule has 6 heteroatoms. The molecule has 1 saturated carbocycles. The molecule has 0 radical (unpaired) electrons. The van der Waals surface area contributed by atoms with Crippen LogP contribution in [0.2, 0.25) is 0 Å². The van der Waals surface area contributed by atoms with Crippen molar-refractivity contribution in [3.05, 3.63) is 29.8 Å². The van der Waals surface area contributed by atoms with Gasteiger partial charge in [0.05, 0.1) is 7.11 Å². The van der Waals surface area contributed by atoms with E-state index in [2.05, 4.69) is 5.32 Å². The first kappa shape index (κ1) is 19.0. The average Bonchev–Trinajstić information content (AvgIpc) is 2.54. The number of hydrogen-bond donors (Lipinski definition) is 2. The molecule has 25 heavy (non-hydrogen) atoms. The fourth-order valence-electron chi connectivity index (χ4n) is 3.56. The van der Waals surface area contributed by atoms with Crippen LogP contribution in [0.15, 0.2) is 24.3 Å². The van der Waals surface area contributed by atoms with Crippen molar-refractivity contribution in [3.63, 3.8) is 0 Å². The summed E-state index contributed by atoms with van der Waals surface area (Å²) in [4.78, 5) is 36.3. The molecule has 1 aliphatic carbocycles. The maximum absolute atomic E-state index is 12.6. The summed E-state index contributed by atoms with van der Waals surface area (Å²) in [6, 6.07) is 6.36. The van der Waals surface area contributed by atoms with Crippen molar-refractivity contribution in [1.82, 2.24) is 5.32 Å². The van der Waals surface area contributed by atoms with Gasteiger partial charge in [-0.25, -0.2) is 4.79 Å². The zero-order chi connectivity index (χ0) is 18.8. The Morgan fingerprint density at radius 2 is 1.84 bits per heavy atom. The number of hydrogen-bond acceptors (Lipinski definition) is 5. The van der Waals surface area contributed by atoms with Crippen LogP contribution < -0.4 is 11.1 Å². The minimum absolute atomic E-state index is 0.0976. The third-order valence-electron chi connectivity index (χ3n) is 5.30. The molecule has 6 nitrogen and oxygen atoms in total. The number of rotatable bonds is 6. The van der Waals surface area contributed by atoms with E-state index in [-0.39, 0.29) is 23.5 Å². The predicted octanol–water partition coefficient (Wildman–Crippen LogP) is 1.72. The van der Waals surface area contributed by atoms with Crippen LogP contribution in [0.3, 0.4) is 0 Å². The molecule has 0 saturated heterocycles. The van der Waals surface area contributed by atoms with Crippen LogP contribution in [0.4, 0.5) is 5.69 Å². The highest BCUT2D eigenvalue weighted by Gasteiger charge is 2.53. The number of amides is 1. The second kappa shape index (κ2) is 7.25. The standard InChI is InChI=1S/C19H26N2O4/c1-11(22)14-10-15(19(14,2)3)17(23)21-16(18(24)25-4)9-12-5-7-13(20)8-6-12/h5-8,14-16H,9-10,20H2,1-4H3,(H,21,23)/t14?,15?,16-/m0/s1. The molecule has 0 aromatic heterocycles. The van der Waals surface area contributed by atoms with E-state index in [9.17, 15) is 14.4 Å². The SMILES string of the molecule is COC(=O)[C@H](Cc1ccc(N)cc1)NC(=O)C1CC(C(C)=O)C1(C)C. The van der Waals surface area contributed by atoms with E-state index < -0.39 is 17.4 Å². The van der Waals surface area contributed by atoms with E-state index in [0.717, 1.165) is 5.56 Å². The largest absolute Gasteiger partial charge is 0.467 e. The van der Waals surface area contributed by atoms with Gasteiger partial charge in [0, 0.05) is 23.9 Å². The van der Waals surface area contributed by atoms with E-state index in [0.29, 0.717) is 18.5 Å². The molecule has 0 bridgehead atoms. The summed E-state index contributed by atoms with van der Waals surface area (Å²) in [6.45, 7) is 5.39. The monoisotopic (exact) mass is 346 g/mol. The molecule has 1 aromatic carbocycles. The van der Waals surface area contributed by atoms with Crippen molar-refractivity contribution < 1.29 is 19.1 Å². The van der Waals surface area contributed by atoms with Gasteiger partial charge in [-0.2, -0.15) is 0 Å². The normalized spacial score (nSPS) is 22.4. The number of nitrogens with one attached hydrogen (secondary N) is 1. The lowest BCUT2D eigenvalue weighted by Gasteiger charge is -2.50. The molecule has 1 aliphatic rings. The minimum atomic E-state index is -0.770. The summed E-state index contributed by atoms with van der Waals surface area (Å²) in [7, 11) is 1.30. The van der Waals surface area contributed by atoms with Gasteiger partial charge >= 0.3 is 5.97 Å². The fraction of sp³-hybridized carbons (Fsp3) is 0.526. The lowest BCUT2D eigenvalue weighted by molar-refractivity contribution is -0.153. The number of nitrogens with two attached hydrogens (primary N) is 1. The van der Waals surface area contributed by atoms with E-state index in [1.165, 1.54) is 7.11 Å². The number of anilines is 1. The Labute approximate surface area is 148 Å². The van der Waals surface area contributed by atoms with E-state index in [1.54, 1.807) is 19.1 Å². The smallest absolute Gasteiger partial charge is 0.328 e. The second-order valence-electron chi connectivity index (χ2n) is 7.30. The molecule has 1 fully saturated rings. The highest BCUT2D eigenvalue weighted by atomic mass is 16.5. The highest BCUT2D eigenvalue weighted by molar-refractivity contribution is 5.90. The first-order valence-corrected chi connectivity index (χ1v) is 8.40. The third kappa shape index (κ3) is 4.00. The number of ketones is 1. The van der Waals surface area contributed by atoms with Gasteiger partial charge in [0.2, 0.25) is 5.91 Å². The average molecular weight is 346 g/mol.